The summed E-state index contributed by atoms with van der Waals surface area (Å²) < 4.78 is 11.8. The molecule has 0 atom stereocenters. The number of amides is 2. The van der Waals surface area contributed by atoms with E-state index in [0.29, 0.717) is 36.9 Å². The molecule has 0 spiro atoms. The number of rotatable bonds is 5. The standard InChI is InChI=1S/C19H23BrN6O3/c20-14-12-16-17(29-11-10-28-16)13-15(14)24-19(27)23-4-5-25-6-8-26(9-7-25)18-21-2-1-3-22-18/h1-3,12-13H,4-11H2,(H2,23,24,27). The zero-order chi connectivity index (χ0) is 20.1. The van der Waals surface area contributed by atoms with Crippen LogP contribution >= 0.6 is 15.9 Å². The van der Waals surface area contributed by atoms with Crippen LogP contribution in [-0.2, 0) is 0 Å². The summed E-state index contributed by atoms with van der Waals surface area (Å²) in [7, 11) is 0. The van der Waals surface area contributed by atoms with Gasteiger partial charge >= 0.3 is 6.03 Å². The Morgan fingerprint density at radius 3 is 2.48 bits per heavy atom. The zero-order valence-electron chi connectivity index (χ0n) is 15.9. The molecule has 3 heterocycles. The molecule has 1 fully saturated rings. The molecule has 0 aliphatic carbocycles. The number of halogens is 1. The number of carbonyl (C=O) groups excluding carboxylic acids is 1. The first-order chi connectivity index (χ1) is 14.2. The minimum atomic E-state index is -0.251. The van der Waals surface area contributed by atoms with Crippen molar-refractivity contribution >= 4 is 33.6 Å². The van der Waals surface area contributed by atoms with Crippen molar-refractivity contribution in [2.45, 2.75) is 0 Å². The van der Waals surface area contributed by atoms with Gasteiger partial charge in [0.1, 0.15) is 13.2 Å². The molecule has 9 nitrogen and oxygen atoms in total. The number of hydrogen-bond donors (Lipinski definition) is 2. The quantitative estimate of drug-likeness (QED) is 0.701. The van der Waals surface area contributed by atoms with Gasteiger partial charge < -0.3 is 25.0 Å². The van der Waals surface area contributed by atoms with Crippen molar-refractivity contribution in [3.8, 4) is 11.5 Å². The van der Waals surface area contributed by atoms with E-state index in [0.717, 1.165) is 43.1 Å². The first-order valence-corrected chi connectivity index (χ1v) is 10.4. The van der Waals surface area contributed by atoms with Crippen molar-refractivity contribution in [1.29, 1.82) is 0 Å². The Kier molecular flexibility index (Phi) is 6.30. The summed E-state index contributed by atoms with van der Waals surface area (Å²) in [6.07, 6.45) is 3.52. The van der Waals surface area contributed by atoms with Crippen LogP contribution in [0.1, 0.15) is 0 Å². The number of ether oxygens (including phenoxy) is 2. The molecular weight excluding hydrogens is 440 g/mol. The fraction of sp³-hybridized carbons (Fsp3) is 0.421. The Balaban J connectivity index is 1.20. The smallest absolute Gasteiger partial charge is 0.319 e. The molecule has 0 radical (unpaired) electrons. The number of aromatic nitrogens is 2. The van der Waals surface area contributed by atoms with E-state index >= 15 is 0 Å². The Morgan fingerprint density at radius 1 is 1.07 bits per heavy atom. The van der Waals surface area contributed by atoms with Crippen molar-refractivity contribution < 1.29 is 14.3 Å². The number of carbonyl (C=O) groups is 1. The van der Waals surface area contributed by atoms with Crippen LogP contribution in [0, 0.1) is 0 Å². The van der Waals surface area contributed by atoms with Gasteiger partial charge in [-0.1, -0.05) is 0 Å². The van der Waals surface area contributed by atoms with Crippen LogP contribution in [0.2, 0.25) is 0 Å². The first kappa shape index (κ1) is 19.7. The fourth-order valence-corrected chi connectivity index (χ4v) is 3.70. The molecule has 0 bridgehead atoms. The molecule has 29 heavy (non-hydrogen) atoms. The maximum Gasteiger partial charge on any atom is 0.319 e. The zero-order valence-corrected chi connectivity index (χ0v) is 17.5. The number of hydrogen-bond acceptors (Lipinski definition) is 7. The third-order valence-electron chi connectivity index (χ3n) is 4.80. The van der Waals surface area contributed by atoms with Crippen molar-refractivity contribution in [1.82, 2.24) is 20.2 Å². The predicted octanol–water partition coefficient (Wildman–Crippen LogP) is 1.95. The molecule has 1 saturated heterocycles. The van der Waals surface area contributed by atoms with Gasteiger partial charge in [0.15, 0.2) is 11.5 Å². The number of fused-ring (bicyclic) bond motifs is 1. The Hall–Kier alpha value is -2.59. The first-order valence-electron chi connectivity index (χ1n) is 9.57. The lowest BCUT2D eigenvalue weighted by molar-refractivity contribution is 0.171. The largest absolute Gasteiger partial charge is 0.486 e. The van der Waals surface area contributed by atoms with Crippen molar-refractivity contribution in [2.24, 2.45) is 0 Å². The monoisotopic (exact) mass is 462 g/mol. The van der Waals surface area contributed by atoms with Gasteiger partial charge in [-0.3, -0.25) is 4.90 Å². The second-order valence-corrected chi connectivity index (χ2v) is 7.59. The molecule has 0 unspecified atom stereocenters. The second-order valence-electron chi connectivity index (χ2n) is 6.73. The van der Waals surface area contributed by atoms with Crippen LogP contribution in [-0.4, -0.2) is 73.4 Å². The average molecular weight is 463 g/mol. The molecule has 2 N–H and O–H groups in total. The van der Waals surface area contributed by atoms with Crippen LogP contribution in [0.25, 0.3) is 0 Å². The minimum Gasteiger partial charge on any atom is -0.486 e. The van der Waals surface area contributed by atoms with E-state index in [-0.39, 0.29) is 6.03 Å². The SMILES string of the molecule is O=C(NCCN1CCN(c2ncccn2)CC1)Nc1cc2c(cc1Br)OCCO2. The molecule has 1 aromatic heterocycles. The van der Waals surface area contributed by atoms with Crippen LogP contribution in [0.4, 0.5) is 16.4 Å². The Labute approximate surface area is 177 Å². The summed E-state index contributed by atoms with van der Waals surface area (Å²) in [5, 5.41) is 5.76. The van der Waals surface area contributed by atoms with Crippen LogP contribution < -0.4 is 25.0 Å². The van der Waals surface area contributed by atoms with Crippen molar-refractivity contribution in [3.63, 3.8) is 0 Å². The van der Waals surface area contributed by atoms with Gasteiger partial charge in [0.05, 0.1) is 5.69 Å². The van der Waals surface area contributed by atoms with E-state index in [9.17, 15) is 4.79 Å². The highest BCUT2D eigenvalue weighted by Crippen LogP contribution is 2.38. The lowest BCUT2D eigenvalue weighted by atomic mass is 10.2. The topological polar surface area (TPSA) is 91.9 Å². The maximum absolute atomic E-state index is 12.3. The van der Waals surface area contributed by atoms with Gasteiger partial charge in [-0.05, 0) is 22.0 Å². The summed E-state index contributed by atoms with van der Waals surface area (Å²) in [5.41, 5.74) is 0.642. The lowest BCUT2D eigenvalue weighted by Gasteiger charge is -2.34. The Bertz CT molecular complexity index is 845. The van der Waals surface area contributed by atoms with E-state index in [2.05, 4.69) is 46.3 Å². The maximum atomic E-state index is 12.3. The molecule has 1 aromatic carbocycles. The summed E-state index contributed by atoms with van der Waals surface area (Å²) in [6, 6.07) is 5.14. The summed E-state index contributed by atoms with van der Waals surface area (Å²) in [5.74, 6) is 2.08. The van der Waals surface area contributed by atoms with Gasteiger partial charge in [-0.15, -0.1) is 0 Å². The second kappa shape index (κ2) is 9.27. The van der Waals surface area contributed by atoms with E-state index in [1.54, 1.807) is 24.5 Å². The normalized spacial score (nSPS) is 16.4. The number of benzene rings is 1. The Morgan fingerprint density at radius 2 is 1.76 bits per heavy atom. The molecular formula is C19H23BrN6O3. The number of nitrogens with one attached hydrogen (secondary N) is 2. The number of urea groups is 1. The van der Waals surface area contributed by atoms with E-state index in [1.165, 1.54) is 0 Å². The highest BCUT2D eigenvalue weighted by Gasteiger charge is 2.19. The minimum absolute atomic E-state index is 0.251. The third-order valence-corrected chi connectivity index (χ3v) is 5.46. The molecule has 2 aliphatic heterocycles. The molecule has 2 aliphatic rings. The summed E-state index contributed by atoms with van der Waals surface area (Å²) in [6.45, 7) is 5.96. The summed E-state index contributed by atoms with van der Waals surface area (Å²) >= 11 is 3.46. The van der Waals surface area contributed by atoms with Gasteiger partial charge in [0.25, 0.3) is 0 Å². The van der Waals surface area contributed by atoms with Crippen molar-refractivity contribution in [2.75, 3.05) is 62.7 Å². The molecule has 2 amide bonds. The molecule has 10 heteroatoms. The highest BCUT2D eigenvalue weighted by atomic mass is 79.9. The third kappa shape index (κ3) is 5.07. The van der Waals surface area contributed by atoms with E-state index in [1.807, 2.05) is 6.07 Å². The van der Waals surface area contributed by atoms with Gasteiger partial charge in [0, 0.05) is 68.3 Å². The molecule has 154 valence electrons. The van der Waals surface area contributed by atoms with Crippen molar-refractivity contribution in [3.05, 3.63) is 35.1 Å². The number of nitrogens with zero attached hydrogens (tertiary/aromatic N) is 4. The number of anilines is 2. The van der Waals surface area contributed by atoms with E-state index < -0.39 is 0 Å². The predicted molar refractivity (Wildman–Crippen MR) is 113 cm³/mol. The van der Waals surface area contributed by atoms with Gasteiger partial charge in [-0.25, -0.2) is 14.8 Å². The molecule has 0 saturated carbocycles. The lowest BCUT2D eigenvalue weighted by Crippen LogP contribution is -2.49. The summed E-state index contributed by atoms with van der Waals surface area (Å²) in [4.78, 5) is 25.3. The highest BCUT2D eigenvalue weighted by molar-refractivity contribution is 9.10. The van der Waals surface area contributed by atoms with Crippen LogP contribution in [0.5, 0.6) is 11.5 Å². The molecule has 4 rings (SSSR count). The van der Waals surface area contributed by atoms with Gasteiger partial charge in [0.2, 0.25) is 5.95 Å². The van der Waals surface area contributed by atoms with Gasteiger partial charge in [-0.2, -0.15) is 0 Å². The van der Waals surface area contributed by atoms with Crippen LogP contribution in [0.3, 0.4) is 0 Å². The van der Waals surface area contributed by atoms with E-state index in [4.69, 9.17) is 9.47 Å². The number of piperazine rings is 1. The fourth-order valence-electron chi connectivity index (χ4n) is 3.28. The average Bonchev–Trinajstić information content (AvgIpc) is 2.75. The molecule has 2 aromatic rings. The van der Waals surface area contributed by atoms with Crippen LogP contribution in [0.15, 0.2) is 35.1 Å².